The molecule has 0 aromatic rings. The van der Waals surface area contributed by atoms with E-state index in [2.05, 4.69) is 15.5 Å². The van der Waals surface area contributed by atoms with Crippen LogP contribution in [0.5, 0.6) is 0 Å². The van der Waals surface area contributed by atoms with E-state index in [0.29, 0.717) is 5.92 Å². The van der Waals surface area contributed by atoms with Crippen LogP contribution in [0.25, 0.3) is 0 Å². The van der Waals surface area contributed by atoms with Crippen LogP contribution in [-0.2, 0) is 4.79 Å². The number of amides is 1. The third-order valence-corrected chi connectivity index (χ3v) is 3.89. The van der Waals surface area contributed by atoms with Crippen LogP contribution >= 0.6 is 0 Å². The number of rotatable bonds is 4. The fraction of sp³-hybridized carbons (Fsp3) is 0.917. The van der Waals surface area contributed by atoms with Gasteiger partial charge in [-0.1, -0.05) is 6.42 Å². The Balaban J connectivity index is 1.77. The Morgan fingerprint density at radius 3 is 3.00 bits per heavy atom. The lowest BCUT2D eigenvalue weighted by Crippen LogP contribution is -2.45. The summed E-state index contributed by atoms with van der Waals surface area (Å²) in [5, 5.41) is 6.40. The van der Waals surface area contributed by atoms with Crippen molar-refractivity contribution in [3.05, 3.63) is 0 Å². The van der Waals surface area contributed by atoms with E-state index in [0.717, 1.165) is 25.6 Å². The number of carbonyl (C=O) groups is 1. The maximum Gasteiger partial charge on any atom is 0.237 e. The summed E-state index contributed by atoms with van der Waals surface area (Å²) in [6.07, 6.45) is 3.83. The highest BCUT2D eigenvalue weighted by Gasteiger charge is 2.42. The minimum Gasteiger partial charge on any atom is -0.353 e. The number of fused-ring (bicyclic) bond motifs is 1. The Hall–Kier alpha value is -0.610. The third kappa shape index (κ3) is 2.55. The van der Waals surface area contributed by atoms with Gasteiger partial charge in [-0.3, -0.25) is 4.79 Å². The van der Waals surface area contributed by atoms with Crippen molar-refractivity contribution < 1.29 is 4.79 Å². The third-order valence-electron chi connectivity index (χ3n) is 3.89. The van der Waals surface area contributed by atoms with Crippen molar-refractivity contribution in [2.75, 3.05) is 33.7 Å². The van der Waals surface area contributed by atoms with Crippen LogP contribution in [-0.4, -0.2) is 50.6 Å². The second kappa shape index (κ2) is 5.15. The number of likely N-dealkylation sites (N-methyl/N-ethyl adjacent to an activating group) is 1. The van der Waals surface area contributed by atoms with E-state index in [4.69, 9.17) is 0 Å². The summed E-state index contributed by atoms with van der Waals surface area (Å²) in [4.78, 5) is 14.1. The molecule has 2 N–H and O–H groups in total. The molecular formula is C12H23N3O. The first-order valence-corrected chi connectivity index (χ1v) is 6.34. The van der Waals surface area contributed by atoms with Crippen LogP contribution in [0.1, 0.15) is 19.3 Å². The molecule has 0 aromatic carbocycles. The Kier molecular flexibility index (Phi) is 3.82. The molecule has 92 valence electrons. The predicted octanol–water partition coefficient (Wildman–Crippen LogP) is 0.0523. The summed E-state index contributed by atoms with van der Waals surface area (Å²) >= 11 is 0. The zero-order chi connectivity index (χ0) is 11.5. The summed E-state index contributed by atoms with van der Waals surface area (Å²) in [7, 11) is 4.04. The lowest BCUT2D eigenvalue weighted by molar-refractivity contribution is -0.123. The molecular weight excluding hydrogens is 202 g/mol. The molecule has 4 nitrogen and oxygen atoms in total. The minimum absolute atomic E-state index is 0.0784. The van der Waals surface area contributed by atoms with E-state index in [1.165, 1.54) is 19.3 Å². The highest BCUT2D eigenvalue weighted by molar-refractivity contribution is 5.82. The fourth-order valence-electron chi connectivity index (χ4n) is 2.99. The molecule has 1 saturated heterocycles. The molecule has 16 heavy (non-hydrogen) atoms. The summed E-state index contributed by atoms with van der Waals surface area (Å²) in [6.45, 7) is 2.70. The second-order valence-corrected chi connectivity index (χ2v) is 5.34. The Morgan fingerprint density at radius 2 is 2.25 bits per heavy atom. The summed E-state index contributed by atoms with van der Waals surface area (Å²) in [6, 6.07) is 0.0784. The molecule has 0 spiro atoms. The molecule has 4 heteroatoms. The van der Waals surface area contributed by atoms with Crippen LogP contribution in [0.2, 0.25) is 0 Å². The van der Waals surface area contributed by atoms with Crippen LogP contribution in [0.4, 0.5) is 0 Å². The van der Waals surface area contributed by atoms with Crippen molar-refractivity contribution in [3.8, 4) is 0 Å². The maximum absolute atomic E-state index is 12.0. The van der Waals surface area contributed by atoms with Crippen molar-refractivity contribution in [2.45, 2.75) is 25.3 Å². The summed E-state index contributed by atoms with van der Waals surface area (Å²) < 4.78 is 0. The van der Waals surface area contributed by atoms with Crippen LogP contribution in [0.15, 0.2) is 0 Å². The monoisotopic (exact) mass is 225 g/mol. The van der Waals surface area contributed by atoms with Crippen molar-refractivity contribution in [1.29, 1.82) is 0 Å². The molecule has 2 fully saturated rings. The predicted molar refractivity (Wildman–Crippen MR) is 64.2 cm³/mol. The summed E-state index contributed by atoms with van der Waals surface area (Å²) in [5.41, 5.74) is 0. The summed E-state index contributed by atoms with van der Waals surface area (Å²) in [5.74, 6) is 1.56. The molecule has 1 saturated carbocycles. The van der Waals surface area contributed by atoms with E-state index in [9.17, 15) is 4.79 Å². The Bertz CT molecular complexity index is 255. The molecule has 1 heterocycles. The first-order chi connectivity index (χ1) is 7.68. The average Bonchev–Trinajstić information content (AvgIpc) is 2.76. The van der Waals surface area contributed by atoms with Crippen molar-refractivity contribution >= 4 is 5.91 Å². The highest BCUT2D eigenvalue weighted by atomic mass is 16.2. The van der Waals surface area contributed by atoms with Gasteiger partial charge in [-0.2, -0.15) is 0 Å². The van der Waals surface area contributed by atoms with E-state index >= 15 is 0 Å². The SMILES string of the molecule is CN(C)CCNC(=O)C1NCC2CCCC21. The van der Waals surface area contributed by atoms with Gasteiger partial charge in [0.2, 0.25) is 5.91 Å². The van der Waals surface area contributed by atoms with Gasteiger partial charge in [0.05, 0.1) is 6.04 Å². The quantitative estimate of drug-likeness (QED) is 0.711. The zero-order valence-corrected chi connectivity index (χ0v) is 10.3. The van der Waals surface area contributed by atoms with E-state index in [-0.39, 0.29) is 11.9 Å². The van der Waals surface area contributed by atoms with Gasteiger partial charge in [-0.05, 0) is 45.3 Å². The Labute approximate surface area is 97.8 Å². The van der Waals surface area contributed by atoms with Gasteiger partial charge in [0, 0.05) is 13.1 Å². The van der Waals surface area contributed by atoms with Gasteiger partial charge in [0.25, 0.3) is 0 Å². The number of nitrogens with one attached hydrogen (secondary N) is 2. The number of hydrogen-bond acceptors (Lipinski definition) is 3. The van der Waals surface area contributed by atoms with Crippen LogP contribution < -0.4 is 10.6 Å². The number of hydrogen-bond donors (Lipinski definition) is 2. The Morgan fingerprint density at radius 1 is 1.44 bits per heavy atom. The minimum atomic E-state index is 0.0784. The molecule has 1 aliphatic heterocycles. The topological polar surface area (TPSA) is 44.4 Å². The molecule has 0 aromatic heterocycles. The van der Waals surface area contributed by atoms with Gasteiger partial charge in [0.15, 0.2) is 0 Å². The smallest absolute Gasteiger partial charge is 0.237 e. The van der Waals surface area contributed by atoms with E-state index in [1.54, 1.807) is 0 Å². The van der Waals surface area contributed by atoms with Crippen LogP contribution in [0, 0.1) is 11.8 Å². The first-order valence-electron chi connectivity index (χ1n) is 6.34. The standard InChI is InChI=1S/C12H23N3O/c1-15(2)7-6-13-12(16)11-10-5-3-4-9(10)8-14-11/h9-11,14H,3-8H2,1-2H3,(H,13,16). The number of carbonyl (C=O) groups excluding carboxylic acids is 1. The normalized spacial score (nSPS) is 33.1. The van der Waals surface area contributed by atoms with Crippen molar-refractivity contribution in [2.24, 2.45) is 11.8 Å². The van der Waals surface area contributed by atoms with Gasteiger partial charge in [-0.15, -0.1) is 0 Å². The molecule has 0 bridgehead atoms. The van der Waals surface area contributed by atoms with Crippen molar-refractivity contribution in [3.63, 3.8) is 0 Å². The molecule has 3 unspecified atom stereocenters. The molecule has 3 atom stereocenters. The van der Waals surface area contributed by atoms with Crippen LogP contribution in [0.3, 0.4) is 0 Å². The first kappa shape index (κ1) is 11.9. The van der Waals surface area contributed by atoms with Gasteiger partial charge in [0.1, 0.15) is 0 Å². The highest BCUT2D eigenvalue weighted by Crippen LogP contribution is 2.37. The second-order valence-electron chi connectivity index (χ2n) is 5.34. The molecule has 1 amide bonds. The average molecular weight is 225 g/mol. The van der Waals surface area contributed by atoms with E-state index in [1.807, 2.05) is 14.1 Å². The lowest BCUT2D eigenvalue weighted by Gasteiger charge is -2.18. The van der Waals surface area contributed by atoms with Gasteiger partial charge in [-0.25, -0.2) is 0 Å². The number of nitrogens with zero attached hydrogens (tertiary/aromatic N) is 1. The molecule has 1 aliphatic carbocycles. The van der Waals surface area contributed by atoms with Gasteiger partial charge < -0.3 is 15.5 Å². The molecule has 2 rings (SSSR count). The molecule has 2 aliphatic rings. The lowest BCUT2D eigenvalue weighted by atomic mass is 9.94. The van der Waals surface area contributed by atoms with Gasteiger partial charge >= 0.3 is 0 Å². The largest absolute Gasteiger partial charge is 0.353 e. The van der Waals surface area contributed by atoms with Crippen molar-refractivity contribution in [1.82, 2.24) is 15.5 Å². The van der Waals surface area contributed by atoms with E-state index < -0.39 is 0 Å². The molecule has 0 radical (unpaired) electrons. The fourth-order valence-corrected chi connectivity index (χ4v) is 2.99. The zero-order valence-electron chi connectivity index (χ0n) is 10.3. The maximum atomic E-state index is 12.0.